The van der Waals surface area contributed by atoms with E-state index in [1.807, 2.05) is 4.90 Å². The molecule has 1 unspecified atom stereocenters. The minimum atomic E-state index is -0.846. The molecule has 3 fully saturated rings. The molecule has 0 radical (unpaired) electrons. The summed E-state index contributed by atoms with van der Waals surface area (Å²) in [5, 5.41) is 14.3. The molecule has 3 aliphatic rings. The fraction of sp³-hybridized carbons (Fsp3) is 0.588. The van der Waals surface area contributed by atoms with Gasteiger partial charge in [0.1, 0.15) is 11.6 Å². The first-order chi connectivity index (χ1) is 19.4. The van der Waals surface area contributed by atoms with Crippen LogP contribution in [0.1, 0.15) is 88.2 Å². The minimum Gasteiger partial charge on any atom is -0.390 e. The van der Waals surface area contributed by atoms with Gasteiger partial charge in [0, 0.05) is 38.5 Å². The van der Waals surface area contributed by atoms with E-state index in [0.29, 0.717) is 44.6 Å². The summed E-state index contributed by atoms with van der Waals surface area (Å²) in [6, 6.07) is 20.8. The molecular formula is C34H48ClN3O3. The Morgan fingerprint density at radius 1 is 0.927 bits per heavy atom. The summed E-state index contributed by atoms with van der Waals surface area (Å²) in [7, 11) is 0. The summed E-state index contributed by atoms with van der Waals surface area (Å²) >= 11 is 0. The number of piperazine rings is 1. The highest BCUT2D eigenvalue weighted by Crippen LogP contribution is 2.38. The Morgan fingerprint density at radius 3 is 2.20 bits per heavy atom. The number of halogens is 1. The first kappa shape index (κ1) is 31.5. The Hall–Kier alpha value is -2.41. The first-order valence-corrected chi connectivity index (χ1v) is 15.6. The Balaban J connectivity index is 0.00000387. The molecule has 2 saturated heterocycles. The maximum Gasteiger partial charge on any atom is 0.246 e. The van der Waals surface area contributed by atoms with Crippen LogP contribution in [0.5, 0.6) is 0 Å². The molecule has 2 aliphatic heterocycles. The Kier molecular flexibility index (Phi) is 10.9. The number of nitrogens with one attached hydrogen (secondary N) is 1. The zero-order valence-corrected chi connectivity index (χ0v) is 25.4. The maximum atomic E-state index is 13.9. The lowest BCUT2D eigenvalue weighted by Gasteiger charge is -2.52. The number of benzene rings is 2. The van der Waals surface area contributed by atoms with Crippen LogP contribution in [-0.2, 0) is 16.0 Å². The number of hydrogen-bond acceptors (Lipinski definition) is 4. The molecule has 2 N–H and O–H groups in total. The van der Waals surface area contributed by atoms with Gasteiger partial charge in [0.25, 0.3) is 0 Å². The van der Waals surface area contributed by atoms with E-state index in [4.69, 9.17) is 0 Å². The van der Waals surface area contributed by atoms with E-state index in [2.05, 4.69) is 77.8 Å². The lowest BCUT2D eigenvalue weighted by Crippen LogP contribution is -2.73. The highest BCUT2D eigenvalue weighted by atomic mass is 35.5. The highest BCUT2D eigenvalue weighted by molar-refractivity contribution is 6.00. The van der Waals surface area contributed by atoms with Gasteiger partial charge in [-0.1, -0.05) is 93.3 Å². The van der Waals surface area contributed by atoms with Crippen molar-refractivity contribution in [2.45, 2.75) is 101 Å². The SMILES string of the molecule is CCCCN1C(=O)[C@@H](CC2(O)CCCCC2)NC(=O)C12CCN(CC(Cc1ccccc1)c1ccccc1)CC2.Cl. The Labute approximate surface area is 252 Å². The zero-order chi connectivity index (χ0) is 28.0. The molecule has 2 aromatic rings. The predicted octanol–water partition coefficient (Wildman–Crippen LogP) is 5.48. The van der Waals surface area contributed by atoms with Gasteiger partial charge in [-0.05, 0) is 49.7 Å². The van der Waals surface area contributed by atoms with E-state index in [0.717, 1.165) is 58.2 Å². The van der Waals surface area contributed by atoms with Crippen molar-refractivity contribution in [3.63, 3.8) is 0 Å². The Morgan fingerprint density at radius 2 is 1.56 bits per heavy atom. The lowest BCUT2D eigenvalue weighted by atomic mass is 9.77. The molecule has 7 heteroatoms. The van der Waals surface area contributed by atoms with Gasteiger partial charge >= 0.3 is 0 Å². The smallest absolute Gasteiger partial charge is 0.246 e. The van der Waals surface area contributed by atoms with Gasteiger partial charge in [0.15, 0.2) is 0 Å². The number of likely N-dealkylation sites (tertiary alicyclic amines) is 1. The predicted molar refractivity (Wildman–Crippen MR) is 166 cm³/mol. The van der Waals surface area contributed by atoms with Gasteiger partial charge in [0.05, 0.1) is 5.60 Å². The number of unbranched alkanes of at least 4 members (excludes halogenated alkanes) is 1. The molecule has 2 aromatic carbocycles. The topological polar surface area (TPSA) is 72.9 Å². The molecule has 2 atom stereocenters. The lowest BCUT2D eigenvalue weighted by molar-refractivity contribution is -0.163. The Bertz CT molecular complexity index is 1110. The second-order valence-corrected chi connectivity index (χ2v) is 12.5. The van der Waals surface area contributed by atoms with Gasteiger partial charge in [-0.2, -0.15) is 0 Å². The fourth-order valence-corrected chi connectivity index (χ4v) is 7.27. The van der Waals surface area contributed by atoms with Crippen molar-refractivity contribution >= 4 is 24.2 Å². The monoisotopic (exact) mass is 581 g/mol. The molecule has 224 valence electrons. The van der Waals surface area contributed by atoms with E-state index in [9.17, 15) is 14.7 Å². The summed E-state index contributed by atoms with van der Waals surface area (Å²) in [4.78, 5) is 32.1. The number of carbonyl (C=O) groups is 2. The second-order valence-electron chi connectivity index (χ2n) is 12.5. The molecule has 0 bridgehead atoms. The molecule has 1 saturated carbocycles. The number of aliphatic hydroxyl groups is 1. The average Bonchev–Trinajstić information content (AvgIpc) is 2.98. The van der Waals surface area contributed by atoms with Crippen molar-refractivity contribution < 1.29 is 14.7 Å². The third-order valence-corrected chi connectivity index (χ3v) is 9.67. The van der Waals surface area contributed by atoms with E-state index in [1.54, 1.807) is 0 Å². The van der Waals surface area contributed by atoms with Crippen molar-refractivity contribution in [1.82, 2.24) is 15.1 Å². The molecule has 6 nitrogen and oxygen atoms in total. The van der Waals surface area contributed by atoms with E-state index < -0.39 is 17.2 Å². The number of nitrogens with zero attached hydrogens (tertiary/aromatic N) is 2. The largest absolute Gasteiger partial charge is 0.390 e. The molecule has 1 spiro atoms. The molecule has 41 heavy (non-hydrogen) atoms. The first-order valence-electron chi connectivity index (χ1n) is 15.6. The van der Waals surface area contributed by atoms with Gasteiger partial charge in [-0.25, -0.2) is 0 Å². The second kappa shape index (κ2) is 14.2. The number of rotatable bonds is 10. The zero-order valence-electron chi connectivity index (χ0n) is 24.6. The minimum absolute atomic E-state index is 0. The quantitative estimate of drug-likeness (QED) is 0.390. The van der Waals surface area contributed by atoms with Crippen molar-refractivity contribution in [3.8, 4) is 0 Å². The summed E-state index contributed by atoms with van der Waals surface area (Å²) in [5.41, 5.74) is 1.04. The number of hydrogen-bond donors (Lipinski definition) is 2. The number of piperidine rings is 1. The third-order valence-electron chi connectivity index (χ3n) is 9.67. The number of carbonyl (C=O) groups excluding carboxylic acids is 2. The molecule has 2 amide bonds. The van der Waals surface area contributed by atoms with E-state index >= 15 is 0 Å². The van der Waals surface area contributed by atoms with Crippen LogP contribution in [0.25, 0.3) is 0 Å². The maximum absolute atomic E-state index is 13.9. The number of amides is 2. The van der Waals surface area contributed by atoms with Gasteiger partial charge in [-0.15, -0.1) is 12.4 Å². The summed E-state index contributed by atoms with van der Waals surface area (Å²) in [5.74, 6) is 0.346. The van der Waals surface area contributed by atoms with Crippen molar-refractivity contribution in [2.24, 2.45) is 0 Å². The van der Waals surface area contributed by atoms with Crippen LogP contribution < -0.4 is 5.32 Å². The van der Waals surface area contributed by atoms with Gasteiger partial charge < -0.3 is 20.2 Å². The molecule has 0 aromatic heterocycles. The van der Waals surface area contributed by atoms with Crippen LogP contribution in [-0.4, -0.2) is 70.1 Å². The van der Waals surface area contributed by atoms with Crippen LogP contribution in [0.15, 0.2) is 60.7 Å². The van der Waals surface area contributed by atoms with E-state index in [-0.39, 0.29) is 24.2 Å². The van der Waals surface area contributed by atoms with Gasteiger partial charge in [0.2, 0.25) is 11.8 Å². The van der Waals surface area contributed by atoms with Crippen LogP contribution >= 0.6 is 12.4 Å². The standard InChI is InChI=1S/C34H47N3O3.ClH/c1-2-3-21-37-31(38)30(25-33(40)17-11-6-12-18-33)35-32(39)34(37)19-22-36(23-20-34)26-29(28-15-9-5-10-16-28)24-27-13-7-4-8-14-27;/h4-5,7-10,13-16,29-30,40H,2-3,6,11-12,17-26H2,1H3,(H,35,39);1H/t29?,30-;/m1./s1. The van der Waals surface area contributed by atoms with Gasteiger partial charge in [-0.3, -0.25) is 9.59 Å². The van der Waals surface area contributed by atoms with Crippen molar-refractivity contribution in [2.75, 3.05) is 26.2 Å². The molecule has 2 heterocycles. The highest BCUT2D eigenvalue weighted by Gasteiger charge is 2.54. The molecule has 5 rings (SSSR count). The van der Waals surface area contributed by atoms with Crippen LogP contribution in [0.4, 0.5) is 0 Å². The average molecular weight is 582 g/mol. The fourth-order valence-electron chi connectivity index (χ4n) is 7.27. The normalized spacial score (nSPS) is 23.1. The van der Waals surface area contributed by atoms with E-state index in [1.165, 1.54) is 11.1 Å². The summed E-state index contributed by atoms with van der Waals surface area (Å²) in [6.45, 7) is 5.24. The summed E-state index contributed by atoms with van der Waals surface area (Å²) < 4.78 is 0. The van der Waals surface area contributed by atoms with Crippen molar-refractivity contribution in [3.05, 3.63) is 71.8 Å². The van der Waals surface area contributed by atoms with Crippen LogP contribution in [0.3, 0.4) is 0 Å². The molecular weight excluding hydrogens is 534 g/mol. The van der Waals surface area contributed by atoms with Crippen LogP contribution in [0.2, 0.25) is 0 Å². The van der Waals surface area contributed by atoms with Crippen LogP contribution in [0, 0.1) is 0 Å². The third kappa shape index (κ3) is 7.33. The molecule has 1 aliphatic carbocycles. The summed E-state index contributed by atoms with van der Waals surface area (Å²) in [6.07, 6.45) is 9.00. The van der Waals surface area contributed by atoms with Crippen molar-refractivity contribution in [1.29, 1.82) is 0 Å².